The number of hydrogen-bond donors (Lipinski definition) is 1. The van der Waals surface area contributed by atoms with E-state index in [2.05, 4.69) is 51.2 Å². The van der Waals surface area contributed by atoms with E-state index in [-0.39, 0.29) is 16.8 Å². The molecule has 0 radical (unpaired) electrons. The number of esters is 1. The van der Waals surface area contributed by atoms with Crippen LogP contribution in [0.2, 0.25) is 0 Å². The molecule has 1 aliphatic rings. The van der Waals surface area contributed by atoms with Crippen molar-refractivity contribution in [3.05, 3.63) is 64.7 Å². The summed E-state index contributed by atoms with van der Waals surface area (Å²) in [6, 6.07) is 13.8. The molecule has 1 aliphatic carbocycles. The number of rotatable bonds is 4. The summed E-state index contributed by atoms with van der Waals surface area (Å²) in [4.78, 5) is 12.4. The molecule has 3 nitrogen and oxygen atoms in total. The predicted molar refractivity (Wildman–Crippen MR) is 119 cm³/mol. The van der Waals surface area contributed by atoms with Gasteiger partial charge in [0.1, 0.15) is 4.99 Å². The number of thiocarbonyl (C=S) groups is 1. The van der Waals surface area contributed by atoms with Crippen LogP contribution in [0.5, 0.6) is 0 Å². The molecular formula is C24H29NO2S. The van der Waals surface area contributed by atoms with Crippen LogP contribution in [0.4, 0.5) is 5.69 Å². The van der Waals surface area contributed by atoms with Gasteiger partial charge in [0.05, 0.1) is 12.2 Å². The summed E-state index contributed by atoms with van der Waals surface area (Å²) in [5, 5.41) is 3.36. The lowest BCUT2D eigenvalue weighted by atomic mass is 9.63. The summed E-state index contributed by atoms with van der Waals surface area (Å²) >= 11 is 5.59. The zero-order valence-corrected chi connectivity index (χ0v) is 18.2. The number of hydrogen-bond acceptors (Lipinski definition) is 3. The van der Waals surface area contributed by atoms with E-state index in [0.717, 1.165) is 11.3 Å². The monoisotopic (exact) mass is 395 g/mol. The van der Waals surface area contributed by atoms with Gasteiger partial charge in [0.25, 0.3) is 0 Å². The Balaban J connectivity index is 1.81. The van der Waals surface area contributed by atoms with E-state index >= 15 is 0 Å². The third-order valence-electron chi connectivity index (χ3n) is 5.77. The number of nitrogens with one attached hydrogen (secondary N) is 1. The van der Waals surface area contributed by atoms with Crippen molar-refractivity contribution in [1.82, 2.24) is 0 Å². The highest BCUT2D eigenvalue weighted by Crippen LogP contribution is 2.46. The van der Waals surface area contributed by atoms with Gasteiger partial charge in [-0.25, -0.2) is 4.79 Å². The highest BCUT2D eigenvalue weighted by Gasteiger charge is 2.36. The first-order valence-corrected chi connectivity index (χ1v) is 10.3. The first kappa shape index (κ1) is 20.5. The molecule has 0 aromatic heterocycles. The van der Waals surface area contributed by atoms with E-state index in [1.807, 2.05) is 12.1 Å². The summed E-state index contributed by atoms with van der Waals surface area (Å²) < 4.78 is 5.03. The van der Waals surface area contributed by atoms with Crippen molar-refractivity contribution in [3.63, 3.8) is 0 Å². The molecule has 1 N–H and O–H groups in total. The van der Waals surface area contributed by atoms with E-state index in [0.29, 0.717) is 17.2 Å². The molecule has 0 fully saturated rings. The quantitative estimate of drug-likeness (QED) is 0.509. The Morgan fingerprint density at radius 1 is 0.964 bits per heavy atom. The average Bonchev–Trinajstić information content (AvgIpc) is 2.66. The molecule has 148 valence electrons. The standard InChI is InChI=1S/C24H29NO2S/c1-6-27-22(26)17-9-7-16(8-10-17)21(28)25-18-11-12-19-20(15-18)24(4,5)14-13-23(19,2)3/h7-12,15H,6,13-14H2,1-5H3,(H,25,28). The van der Waals surface area contributed by atoms with Crippen LogP contribution in [-0.2, 0) is 15.6 Å². The topological polar surface area (TPSA) is 38.3 Å². The third kappa shape index (κ3) is 4.12. The molecule has 2 aromatic rings. The van der Waals surface area contributed by atoms with Gasteiger partial charge in [-0.1, -0.05) is 58.1 Å². The zero-order chi connectivity index (χ0) is 20.5. The maximum absolute atomic E-state index is 11.8. The van der Waals surface area contributed by atoms with Crippen molar-refractivity contribution in [1.29, 1.82) is 0 Å². The number of benzene rings is 2. The lowest BCUT2D eigenvalue weighted by Crippen LogP contribution is -2.33. The van der Waals surface area contributed by atoms with Gasteiger partial charge < -0.3 is 10.1 Å². The third-order valence-corrected chi connectivity index (χ3v) is 6.11. The Bertz CT molecular complexity index is 897. The first-order valence-electron chi connectivity index (χ1n) is 9.87. The van der Waals surface area contributed by atoms with Crippen LogP contribution in [0.3, 0.4) is 0 Å². The van der Waals surface area contributed by atoms with E-state index in [1.165, 1.54) is 24.0 Å². The molecule has 0 atom stereocenters. The smallest absolute Gasteiger partial charge is 0.338 e. The highest BCUT2D eigenvalue weighted by molar-refractivity contribution is 7.81. The molecule has 0 spiro atoms. The van der Waals surface area contributed by atoms with Crippen LogP contribution in [0.1, 0.15) is 74.5 Å². The highest BCUT2D eigenvalue weighted by atomic mass is 32.1. The van der Waals surface area contributed by atoms with Crippen molar-refractivity contribution >= 4 is 28.9 Å². The van der Waals surface area contributed by atoms with Gasteiger partial charge in [-0.2, -0.15) is 0 Å². The second-order valence-corrected chi connectivity index (χ2v) is 9.19. The Hall–Kier alpha value is -2.20. The number of anilines is 1. The molecule has 0 bridgehead atoms. The minimum absolute atomic E-state index is 0.158. The molecule has 28 heavy (non-hydrogen) atoms. The van der Waals surface area contributed by atoms with Crippen molar-refractivity contribution < 1.29 is 9.53 Å². The lowest BCUT2D eigenvalue weighted by Gasteiger charge is -2.42. The summed E-state index contributed by atoms with van der Waals surface area (Å²) in [7, 11) is 0. The summed E-state index contributed by atoms with van der Waals surface area (Å²) in [5.74, 6) is -0.313. The van der Waals surface area contributed by atoms with E-state index in [1.54, 1.807) is 19.1 Å². The molecular weight excluding hydrogens is 366 g/mol. The van der Waals surface area contributed by atoms with Crippen LogP contribution in [0.15, 0.2) is 42.5 Å². The van der Waals surface area contributed by atoms with Crippen LogP contribution < -0.4 is 5.32 Å². The molecule has 0 heterocycles. The van der Waals surface area contributed by atoms with Crippen LogP contribution in [0, 0.1) is 0 Å². The zero-order valence-electron chi connectivity index (χ0n) is 17.4. The molecule has 4 heteroatoms. The summed E-state index contributed by atoms with van der Waals surface area (Å²) in [6.07, 6.45) is 2.38. The van der Waals surface area contributed by atoms with E-state index in [4.69, 9.17) is 17.0 Å². The number of carbonyl (C=O) groups excluding carboxylic acids is 1. The molecule has 0 saturated heterocycles. The second-order valence-electron chi connectivity index (χ2n) is 8.78. The van der Waals surface area contributed by atoms with Gasteiger partial charge >= 0.3 is 5.97 Å². The number of carbonyl (C=O) groups is 1. The van der Waals surface area contributed by atoms with Gasteiger partial charge in [0.2, 0.25) is 0 Å². The van der Waals surface area contributed by atoms with Gasteiger partial charge in [-0.05, 0) is 66.0 Å². The maximum atomic E-state index is 11.8. The SMILES string of the molecule is CCOC(=O)c1ccc(C(=S)Nc2ccc3c(c2)C(C)(C)CCC3(C)C)cc1. The Morgan fingerprint density at radius 2 is 1.54 bits per heavy atom. The fourth-order valence-corrected chi connectivity index (χ4v) is 4.10. The largest absolute Gasteiger partial charge is 0.462 e. The Kier molecular flexibility index (Phi) is 5.62. The molecule has 0 saturated carbocycles. The van der Waals surface area contributed by atoms with E-state index in [9.17, 15) is 4.79 Å². The summed E-state index contributed by atoms with van der Waals surface area (Å²) in [5.41, 5.74) is 5.60. The van der Waals surface area contributed by atoms with Crippen molar-refractivity contribution in [2.24, 2.45) is 0 Å². The normalized spacial score (nSPS) is 16.8. The van der Waals surface area contributed by atoms with Crippen molar-refractivity contribution in [3.8, 4) is 0 Å². The molecule has 2 aromatic carbocycles. The fraction of sp³-hybridized carbons (Fsp3) is 0.417. The Morgan fingerprint density at radius 3 is 2.14 bits per heavy atom. The van der Waals surface area contributed by atoms with Crippen LogP contribution in [-0.4, -0.2) is 17.6 Å². The molecule has 0 aliphatic heterocycles. The molecule has 3 rings (SSSR count). The van der Waals surface area contributed by atoms with Crippen LogP contribution in [0.25, 0.3) is 0 Å². The van der Waals surface area contributed by atoms with Crippen molar-refractivity contribution in [2.75, 3.05) is 11.9 Å². The summed E-state index contributed by atoms with van der Waals surface area (Å²) in [6.45, 7) is 11.4. The number of ether oxygens (including phenoxy) is 1. The maximum Gasteiger partial charge on any atom is 0.338 e. The first-order chi connectivity index (χ1) is 13.1. The van der Waals surface area contributed by atoms with Crippen molar-refractivity contribution in [2.45, 2.75) is 58.3 Å². The molecule has 0 amide bonds. The second kappa shape index (κ2) is 7.67. The predicted octanol–water partition coefficient (Wildman–Crippen LogP) is 6.00. The Labute approximate surface area is 173 Å². The van der Waals surface area contributed by atoms with Gasteiger partial charge in [-0.3, -0.25) is 0 Å². The van der Waals surface area contributed by atoms with Gasteiger partial charge in [-0.15, -0.1) is 0 Å². The van der Waals surface area contributed by atoms with E-state index < -0.39 is 0 Å². The minimum Gasteiger partial charge on any atom is -0.462 e. The van der Waals surface area contributed by atoms with Gasteiger partial charge in [0, 0.05) is 11.3 Å². The van der Waals surface area contributed by atoms with Crippen LogP contribution >= 0.6 is 12.2 Å². The average molecular weight is 396 g/mol. The molecule has 0 unspecified atom stereocenters. The lowest BCUT2D eigenvalue weighted by molar-refractivity contribution is 0.0526. The number of fused-ring (bicyclic) bond motifs is 1. The fourth-order valence-electron chi connectivity index (χ4n) is 3.84. The van der Waals surface area contributed by atoms with Gasteiger partial charge in [0.15, 0.2) is 0 Å². The minimum atomic E-state index is -0.313.